The van der Waals surface area contributed by atoms with Gasteiger partial charge >= 0.3 is 0 Å². The van der Waals surface area contributed by atoms with Crippen LogP contribution in [0.15, 0.2) is 0 Å². The van der Waals surface area contributed by atoms with Gasteiger partial charge < -0.3 is 10.2 Å². The van der Waals surface area contributed by atoms with Crippen LogP contribution in [0.2, 0.25) is 0 Å². The summed E-state index contributed by atoms with van der Waals surface area (Å²) in [6.45, 7) is 6.06. The first-order valence-corrected chi connectivity index (χ1v) is 6.08. The third-order valence-corrected chi connectivity index (χ3v) is 4.03. The first-order valence-electron chi connectivity index (χ1n) is 6.08. The number of nitrogens with one attached hydrogen (secondary N) is 1. The van der Waals surface area contributed by atoms with E-state index in [1.807, 2.05) is 0 Å². The molecular weight excluding hydrogens is 190 g/mol. The Labute approximate surface area is 90.6 Å². The number of fused-ring (bicyclic) bond motifs is 1. The summed E-state index contributed by atoms with van der Waals surface area (Å²) in [5, 5.41) is 3.17. The van der Waals surface area contributed by atoms with E-state index in [0.717, 1.165) is 32.7 Å². The first-order chi connectivity index (χ1) is 7.34. The molecule has 3 saturated heterocycles. The Morgan fingerprint density at radius 2 is 2.07 bits per heavy atom. The van der Waals surface area contributed by atoms with Crippen molar-refractivity contribution in [2.75, 3.05) is 39.3 Å². The highest BCUT2D eigenvalue weighted by molar-refractivity contribution is 5.80. The van der Waals surface area contributed by atoms with Crippen molar-refractivity contribution in [3.63, 3.8) is 0 Å². The lowest BCUT2D eigenvalue weighted by molar-refractivity contribution is -0.139. The minimum Gasteiger partial charge on any atom is -0.340 e. The Kier molecular flexibility index (Phi) is 2.41. The van der Waals surface area contributed by atoms with Crippen LogP contribution in [0.1, 0.15) is 12.8 Å². The quantitative estimate of drug-likeness (QED) is 0.633. The van der Waals surface area contributed by atoms with Crippen molar-refractivity contribution in [3.05, 3.63) is 0 Å². The van der Waals surface area contributed by atoms with Gasteiger partial charge in [-0.05, 0) is 19.4 Å². The van der Waals surface area contributed by atoms with E-state index in [1.54, 1.807) is 0 Å². The van der Waals surface area contributed by atoms with Crippen LogP contribution in [0.25, 0.3) is 0 Å². The number of piperazine rings is 1. The predicted octanol–water partition coefficient (Wildman–Crippen LogP) is -0.488. The fourth-order valence-corrected chi connectivity index (χ4v) is 2.91. The molecule has 3 aliphatic heterocycles. The van der Waals surface area contributed by atoms with Gasteiger partial charge in [0.25, 0.3) is 0 Å². The Bertz CT molecular complexity index is 265. The minimum absolute atomic E-state index is 0.276. The number of rotatable bonds is 1. The lowest BCUT2D eigenvalue weighted by Gasteiger charge is -2.40. The van der Waals surface area contributed by atoms with Crippen molar-refractivity contribution in [1.82, 2.24) is 15.1 Å². The second-order valence-corrected chi connectivity index (χ2v) is 4.97. The molecule has 1 unspecified atom stereocenters. The van der Waals surface area contributed by atoms with E-state index >= 15 is 0 Å². The Morgan fingerprint density at radius 3 is 2.80 bits per heavy atom. The molecule has 0 aromatic carbocycles. The Hall–Kier alpha value is -0.610. The zero-order chi connectivity index (χ0) is 10.3. The fraction of sp³-hybridized carbons (Fsp3) is 0.909. The van der Waals surface area contributed by atoms with Crippen LogP contribution in [0, 0.1) is 5.92 Å². The Balaban J connectivity index is 1.60. The second kappa shape index (κ2) is 3.76. The van der Waals surface area contributed by atoms with Crippen LogP contribution in [-0.4, -0.2) is 61.0 Å². The van der Waals surface area contributed by atoms with Crippen LogP contribution in [-0.2, 0) is 4.79 Å². The van der Waals surface area contributed by atoms with Gasteiger partial charge in [-0.25, -0.2) is 0 Å². The second-order valence-electron chi connectivity index (χ2n) is 4.97. The average molecular weight is 209 g/mol. The van der Waals surface area contributed by atoms with Crippen LogP contribution >= 0.6 is 0 Å². The zero-order valence-corrected chi connectivity index (χ0v) is 9.11. The zero-order valence-electron chi connectivity index (χ0n) is 9.11. The maximum Gasteiger partial charge on any atom is 0.228 e. The molecule has 4 heteroatoms. The molecule has 3 rings (SSSR count). The van der Waals surface area contributed by atoms with Crippen molar-refractivity contribution in [2.24, 2.45) is 5.92 Å². The normalized spacial score (nSPS) is 32.5. The highest BCUT2D eigenvalue weighted by Crippen LogP contribution is 2.22. The molecule has 0 radical (unpaired) electrons. The summed E-state index contributed by atoms with van der Waals surface area (Å²) in [5.74, 6) is 0.665. The van der Waals surface area contributed by atoms with Gasteiger partial charge in [-0.2, -0.15) is 0 Å². The van der Waals surface area contributed by atoms with Gasteiger partial charge in [-0.3, -0.25) is 9.69 Å². The summed E-state index contributed by atoms with van der Waals surface area (Å²) in [6, 6.07) is 0.663. The van der Waals surface area contributed by atoms with Gasteiger partial charge in [-0.15, -0.1) is 0 Å². The molecule has 3 heterocycles. The molecule has 15 heavy (non-hydrogen) atoms. The summed E-state index contributed by atoms with van der Waals surface area (Å²) in [5.41, 5.74) is 0. The van der Waals surface area contributed by atoms with Crippen molar-refractivity contribution < 1.29 is 4.79 Å². The van der Waals surface area contributed by atoms with Crippen molar-refractivity contribution in [3.8, 4) is 0 Å². The number of carbonyl (C=O) groups is 1. The van der Waals surface area contributed by atoms with Crippen LogP contribution in [0.5, 0.6) is 0 Å². The van der Waals surface area contributed by atoms with E-state index in [9.17, 15) is 4.79 Å². The largest absolute Gasteiger partial charge is 0.340 e. The van der Waals surface area contributed by atoms with E-state index in [2.05, 4.69) is 15.1 Å². The lowest BCUT2D eigenvalue weighted by atomic mass is 10.0. The monoisotopic (exact) mass is 209 g/mol. The molecule has 1 atom stereocenters. The Morgan fingerprint density at radius 1 is 1.20 bits per heavy atom. The van der Waals surface area contributed by atoms with Crippen LogP contribution in [0.4, 0.5) is 0 Å². The summed E-state index contributed by atoms with van der Waals surface area (Å²) in [6.07, 6.45) is 2.60. The average Bonchev–Trinajstić information content (AvgIpc) is 2.61. The molecule has 0 spiro atoms. The van der Waals surface area contributed by atoms with E-state index in [1.165, 1.54) is 19.4 Å². The molecule has 1 amide bonds. The number of nitrogens with zero attached hydrogens (tertiary/aromatic N) is 2. The molecule has 4 nitrogen and oxygen atoms in total. The third kappa shape index (κ3) is 1.66. The molecule has 3 aliphatic rings. The van der Waals surface area contributed by atoms with Crippen molar-refractivity contribution in [1.29, 1.82) is 0 Å². The van der Waals surface area contributed by atoms with Gasteiger partial charge in [0.2, 0.25) is 5.91 Å². The minimum atomic E-state index is 0.276. The van der Waals surface area contributed by atoms with Gasteiger partial charge in [0, 0.05) is 38.8 Å². The van der Waals surface area contributed by atoms with Gasteiger partial charge in [0.15, 0.2) is 0 Å². The SMILES string of the molecule is O=C(C1CNC1)N1CCN2CCCC2C1. The molecule has 1 N–H and O–H groups in total. The number of amides is 1. The third-order valence-electron chi connectivity index (χ3n) is 4.03. The van der Waals surface area contributed by atoms with Gasteiger partial charge in [-0.1, -0.05) is 0 Å². The van der Waals surface area contributed by atoms with E-state index < -0.39 is 0 Å². The smallest absolute Gasteiger partial charge is 0.228 e. The molecule has 0 saturated carbocycles. The highest BCUT2D eigenvalue weighted by Gasteiger charge is 2.36. The number of hydrogen-bond acceptors (Lipinski definition) is 3. The molecule has 0 bridgehead atoms. The fourth-order valence-electron chi connectivity index (χ4n) is 2.91. The number of hydrogen-bond donors (Lipinski definition) is 1. The van der Waals surface area contributed by atoms with Crippen LogP contribution in [0.3, 0.4) is 0 Å². The van der Waals surface area contributed by atoms with Crippen molar-refractivity contribution in [2.45, 2.75) is 18.9 Å². The summed E-state index contributed by atoms with van der Waals surface area (Å²) >= 11 is 0. The summed E-state index contributed by atoms with van der Waals surface area (Å²) in [4.78, 5) is 16.7. The lowest BCUT2D eigenvalue weighted by Crippen LogP contribution is -2.58. The molecule has 84 valence electrons. The molecule has 3 fully saturated rings. The molecule has 0 aliphatic carbocycles. The highest BCUT2D eigenvalue weighted by atomic mass is 16.2. The van der Waals surface area contributed by atoms with E-state index in [-0.39, 0.29) is 5.92 Å². The standard InChI is InChI=1S/C11H19N3O/c15-11(9-6-12-7-9)14-5-4-13-3-1-2-10(13)8-14/h9-10,12H,1-8H2. The van der Waals surface area contributed by atoms with Crippen molar-refractivity contribution >= 4 is 5.91 Å². The predicted molar refractivity (Wildman–Crippen MR) is 57.5 cm³/mol. The molecule has 0 aromatic rings. The van der Waals surface area contributed by atoms with Gasteiger partial charge in [0.05, 0.1) is 5.92 Å². The number of carbonyl (C=O) groups excluding carboxylic acids is 1. The van der Waals surface area contributed by atoms with Crippen LogP contribution < -0.4 is 5.32 Å². The van der Waals surface area contributed by atoms with E-state index in [4.69, 9.17) is 0 Å². The van der Waals surface area contributed by atoms with E-state index in [0.29, 0.717) is 11.9 Å². The molecule has 0 aromatic heterocycles. The van der Waals surface area contributed by atoms with Gasteiger partial charge in [0.1, 0.15) is 0 Å². The first kappa shape index (κ1) is 9.60. The molecular formula is C11H19N3O. The summed E-state index contributed by atoms with van der Waals surface area (Å²) in [7, 11) is 0. The maximum absolute atomic E-state index is 12.0. The topological polar surface area (TPSA) is 35.6 Å². The summed E-state index contributed by atoms with van der Waals surface area (Å²) < 4.78 is 0. The maximum atomic E-state index is 12.0.